The van der Waals surface area contributed by atoms with Crippen LogP contribution in [0, 0.1) is 0 Å². The number of carboxylic acid groups (broad SMARTS) is 1. The first-order valence-corrected chi connectivity index (χ1v) is 8.14. The van der Waals surface area contributed by atoms with Crippen LogP contribution in [-0.4, -0.2) is 42.1 Å². The first kappa shape index (κ1) is 18.6. The van der Waals surface area contributed by atoms with Crippen molar-refractivity contribution in [1.82, 2.24) is 4.90 Å². The Balaban J connectivity index is 2.17. The van der Waals surface area contributed by atoms with Gasteiger partial charge in [-0.25, -0.2) is 4.79 Å². The molecule has 25 heavy (non-hydrogen) atoms. The molecule has 0 aliphatic rings. The van der Waals surface area contributed by atoms with Gasteiger partial charge in [-0.15, -0.1) is 0 Å². The topological polar surface area (TPSA) is 80.0 Å². The Hall–Kier alpha value is -2.76. The van der Waals surface area contributed by atoms with E-state index in [1.165, 1.54) is 6.07 Å². The van der Waals surface area contributed by atoms with E-state index < -0.39 is 5.97 Å². The van der Waals surface area contributed by atoms with E-state index >= 15 is 0 Å². The highest BCUT2D eigenvalue weighted by Crippen LogP contribution is 2.22. The van der Waals surface area contributed by atoms with E-state index in [1.54, 1.807) is 26.0 Å². The van der Waals surface area contributed by atoms with Gasteiger partial charge in [0.1, 0.15) is 17.1 Å². The molecule has 0 radical (unpaired) electrons. The van der Waals surface area contributed by atoms with Crippen LogP contribution in [0.5, 0.6) is 5.75 Å². The molecule has 134 valence electrons. The third-order valence-corrected chi connectivity index (χ3v) is 4.26. The molecule has 1 amide bonds. The largest absolute Gasteiger partial charge is 0.496 e. The van der Waals surface area contributed by atoms with Gasteiger partial charge in [0.2, 0.25) is 0 Å². The number of furan rings is 1. The number of methoxy groups -OCH3 is 1. The molecule has 0 spiro atoms. The number of benzene rings is 1. The van der Waals surface area contributed by atoms with Gasteiger partial charge in [-0.1, -0.05) is 25.1 Å². The fourth-order valence-electron chi connectivity index (χ4n) is 2.68. The van der Waals surface area contributed by atoms with E-state index in [0.29, 0.717) is 18.6 Å². The number of carbonyl (C=O) groups is 2. The number of carboxylic acids is 1. The Morgan fingerprint density at radius 2 is 2.00 bits per heavy atom. The van der Waals surface area contributed by atoms with Gasteiger partial charge in [-0.3, -0.25) is 4.79 Å². The number of rotatable bonds is 7. The molecular formula is C19H23NO5. The number of likely N-dealkylation sites (N-methyl/N-ethyl adjacent to an activating group) is 1. The lowest BCUT2D eigenvalue weighted by molar-refractivity contribution is 0.0689. The Bertz CT molecular complexity index is 765. The number of ether oxygens (including phenoxy) is 1. The van der Waals surface area contributed by atoms with Gasteiger partial charge in [0.15, 0.2) is 5.76 Å². The van der Waals surface area contributed by atoms with Crippen molar-refractivity contribution in [2.45, 2.75) is 32.7 Å². The van der Waals surface area contributed by atoms with Crippen molar-refractivity contribution in [3.05, 3.63) is 53.0 Å². The second kappa shape index (κ2) is 7.88. The zero-order valence-corrected chi connectivity index (χ0v) is 14.9. The van der Waals surface area contributed by atoms with Crippen LogP contribution < -0.4 is 4.74 Å². The summed E-state index contributed by atoms with van der Waals surface area (Å²) in [6, 6.07) is 8.83. The normalized spacial score (nSPS) is 11.8. The Kier molecular flexibility index (Phi) is 5.85. The van der Waals surface area contributed by atoms with Crippen LogP contribution in [0.1, 0.15) is 46.1 Å². The first-order chi connectivity index (χ1) is 11.9. The molecule has 1 N–H and O–H groups in total. The molecule has 0 saturated heterocycles. The highest BCUT2D eigenvalue weighted by Gasteiger charge is 2.25. The van der Waals surface area contributed by atoms with Crippen molar-refractivity contribution in [3.8, 4) is 5.75 Å². The maximum atomic E-state index is 12.6. The van der Waals surface area contributed by atoms with E-state index in [2.05, 4.69) is 0 Å². The van der Waals surface area contributed by atoms with E-state index in [1.807, 2.05) is 31.2 Å². The molecule has 0 fully saturated rings. The third-order valence-electron chi connectivity index (χ3n) is 4.26. The summed E-state index contributed by atoms with van der Waals surface area (Å²) in [5.41, 5.74) is 1.04. The van der Waals surface area contributed by atoms with Crippen molar-refractivity contribution in [2.75, 3.05) is 14.2 Å². The van der Waals surface area contributed by atoms with Gasteiger partial charge in [-0.05, 0) is 25.0 Å². The van der Waals surface area contributed by atoms with Gasteiger partial charge in [0.05, 0.1) is 7.11 Å². The number of carbonyl (C=O) groups excluding carboxylic acids is 1. The lowest BCUT2D eigenvalue weighted by atomic mass is 10.0. The molecule has 0 aliphatic heterocycles. The van der Waals surface area contributed by atoms with Gasteiger partial charge in [0.25, 0.3) is 5.91 Å². The average Bonchev–Trinajstić information content (AvgIpc) is 3.05. The maximum absolute atomic E-state index is 12.6. The highest BCUT2D eigenvalue weighted by molar-refractivity contribution is 5.96. The summed E-state index contributed by atoms with van der Waals surface area (Å²) >= 11 is 0. The van der Waals surface area contributed by atoms with Crippen LogP contribution in [0.4, 0.5) is 0 Å². The fraction of sp³-hybridized carbons (Fsp3) is 0.368. The molecule has 1 unspecified atom stereocenters. The molecule has 0 aliphatic carbocycles. The molecule has 1 aromatic heterocycles. The first-order valence-electron chi connectivity index (χ1n) is 8.14. The second-order valence-electron chi connectivity index (χ2n) is 5.89. The number of nitrogens with zero attached hydrogens (tertiary/aromatic N) is 1. The van der Waals surface area contributed by atoms with Crippen molar-refractivity contribution >= 4 is 11.9 Å². The zero-order chi connectivity index (χ0) is 18.6. The van der Waals surface area contributed by atoms with Crippen LogP contribution >= 0.6 is 0 Å². The molecule has 1 heterocycles. The fourth-order valence-corrected chi connectivity index (χ4v) is 2.68. The summed E-state index contributed by atoms with van der Waals surface area (Å²) in [6.07, 6.45) is 1.02. The van der Waals surface area contributed by atoms with Crippen molar-refractivity contribution < 1.29 is 23.8 Å². The van der Waals surface area contributed by atoms with Crippen molar-refractivity contribution in [3.63, 3.8) is 0 Å². The average molecular weight is 345 g/mol. The maximum Gasteiger partial charge on any atom is 0.339 e. The van der Waals surface area contributed by atoms with Crippen molar-refractivity contribution in [2.24, 2.45) is 0 Å². The van der Waals surface area contributed by atoms with Crippen molar-refractivity contribution in [1.29, 1.82) is 0 Å². The minimum absolute atomic E-state index is 0.0385. The predicted octanol–water partition coefficient (Wildman–Crippen LogP) is 3.25. The minimum atomic E-state index is -1.09. The van der Waals surface area contributed by atoms with Gasteiger partial charge >= 0.3 is 5.97 Å². The number of hydrogen-bond acceptors (Lipinski definition) is 4. The van der Waals surface area contributed by atoms with Crippen LogP contribution in [0.25, 0.3) is 0 Å². The molecule has 0 bridgehead atoms. The second-order valence-corrected chi connectivity index (χ2v) is 5.89. The molecule has 1 atom stereocenters. The van der Waals surface area contributed by atoms with Gasteiger partial charge in [-0.2, -0.15) is 0 Å². The monoisotopic (exact) mass is 345 g/mol. The summed E-state index contributed by atoms with van der Waals surface area (Å²) < 4.78 is 10.8. The molecule has 2 aromatic rings. The van der Waals surface area contributed by atoms with E-state index in [9.17, 15) is 14.7 Å². The summed E-state index contributed by atoms with van der Waals surface area (Å²) in [5, 5.41) is 9.19. The van der Waals surface area contributed by atoms with Gasteiger partial charge < -0.3 is 19.2 Å². The number of aryl methyl sites for hydroxylation is 1. The van der Waals surface area contributed by atoms with Crippen LogP contribution in [0.3, 0.4) is 0 Å². The molecule has 0 saturated carbocycles. The van der Waals surface area contributed by atoms with Crippen LogP contribution in [0.15, 0.2) is 34.7 Å². The molecule has 6 nitrogen and oxygen atoms in total. The number of para-hydroxylation sites is 1. The third kappa shape index (κ3) is 4.02. The molecule has 2 rings (SSSR count). The number of aromatic carboxylic acids is 1. The van der Waals surface area contributed by atoms with Gasteiger partial charge in [0, 0.05) is 25.6 Å². The SMILES string of the molecule is CCc1oc(C(=O)N(C)C(C)Cc2ccccc2OC)cc1C(=O)O. The minimum Gasteiger partial charge on any atom is -0.496 e. The lowest BCUT2D eigenvalue weighted by Crippen LogP contribution is -2.36. The Morgan fingerprint density at radius 3 is 2.56 bits per heavy atom. The quantitative estimate of drug-likeness (QED) is 0.833. The number of hydrogen-bond donors (Lipinski definition) is 1. The molecule has 1 aromatic carbocycles. The Morgan fingerprint density at radius 1 is 1.32 bits per heavy atom. The summed E-state index contributed by atoms with van der Waals surface area (Å²) in [6.45, 7) is 3.71. The number of amides is 1. The lowest BCUT2D eigenvalue weighted by Gasteiger charge is -2.24. The zero-order valence-electron chi connectivity index (χ0n) is 14.9. The Labute approximate surface area is 147 Å². The predicted molar refractivity (Wildman–Crippen MR) is 93.3 cm³/mol. The summed E-state index contributed by atoms with van der Waals surface area (Å²) in [7, 11) is 3.29. The highest BCUT2D eigenvalue weighted by atomic mass is 16.5. The van der Waals surface area contributed by atoms with Crippen LogP contribution in [-0.2, 0) is 12.8 Å². The smallest absolute Gasteiger partial charge is 0.339 e. The van der Waals surface area contributed by atoms with Crippen LogP contribution in [0.2, 0.25) is 0 Å². The summed E-state index contributed by atoms with van der Waals surface area (Å²) in [4.78, 5) is 25.4. The van der Waals surface area contributed by atoms with E-state index in [-0.39, 0.29) is 23.3 Å². The van der Waals surface area contributed by atoms with E-state index in [4.69, 9.17) is 9.15 Å². The summed E-state index contributed by atoms with van der Waals surface area (Å²) in [5.74, 6) is -0.311. The van der Waals surface area contributed by atoms with E-state index in [0.717, 1.165) is 11.3 Å². The molecular weight excluding hydrogens is 322 g/mol. The standard InChI is InChI=1S/C19H23NO5/c1-5-15-14(19(22)23)11-17(25-15)18(21)20(3)12(2)10-13-8-6-7-9-16(13)24-4/h6-9,11-12H,5,10H2,1-4H3,(H,22,23). The molecule has 6 heteroatoms.